The van der Waals surface area contributed by atoms with Gasteiger partial charge in [0.05, 0.1) is 0 Å². The first kappa shape index (κ1) is 16.0. The predicted octanol–water partition coefficient (Wildman–Crippen LogP) is 5.15. The Labute approximate surface area is 115 Å². The molecule has 1 saturated carbocycles. The van der Waals surface area contributed by atoms with Crippen molar-refractivity contribution in [2.45, 2.75) is 91.5 Å². The number of unbranched alkanes of at least 4 members (excludes halogenated alkanes) is 6. The molecule has 1 N–H and O–H groups in total. The molecule has 1 aliphatic carbocycles. The second-order valence-electron chi connectivity index (χ2n) is 6.87. The van der Waals surface area contributed by atoms with Gasteiger partial charge in [0.25, 0.3) is 0 Å². The van der Waals surface area contributed by atoms with Crippen molar-refractivity contribution in [3.05, 3.63) is 0 Å². The number of hydrogen-bond donors (Lipinski definition) is 1. The molecule has 108 valence electrons. The molecule has 0 spiro atoms. The molecule has 0 radical (unpaired) electrons. The van der Waals surface area contributed by atoms with E-state index in [0.717, 1.165) is 18.5 Å². The van der Waals surface area contributed by atoms with Crippen LogP contribution in [0.5, 0.6) is 0 Å². The molecule has 0 aromatic heterocycles. The monoisotopic (exact) mass is 253 g/mol. The van der Waals surface area contributed by atoms with Crippen LogP contribution >= 0.6 is 0 Å². The van der Waals surface area contributed by atoms with Crippen molar-refractivity contribution in [1.29, 1.82) is 0 Å². The highest BCUT2D eigenvalue weighted by atomic mass is 14.9. The lowest BCUT2D eigenvalue weighted by atomic mass is 9.98. The van der Waals surface area contributed by atoms with Crippen LogP contribution in [0.4, 0.5) is 0 Å². The first-order chi connectivity index (χ1) is 8.61. The first-order valence-corrected chi connectivity index (χ1v) is 8.35. The van der Waals surface area contributed by atoms with Gasteiger partial charge < -0.3 is 5.32 Å². The smallest absolute Gasteiger partial charge is 0.0100 e. The summed E-state index contributed by atoms with van der Waals surface area (Å²) >= 11 is 0. The summed E-state index contributed by atoms with van der Waals surface area (Å²) in [7, 11) is 0. The van der Waals surface area contributed by atoms with Gasteiger partial charge in [-0.1, -0.05) is 72.6 Å². The maximum absolute atomic E-state index is 3.71. The van der Waals surface area contributed by atoms with E-state index in [1.165, 1.54) is 57.8 Å². The molecule has 1 nitrogen and oxygen atoms in total. The van der Waals surface area contributed by atoms with Crippen LogP contribution in [0.3, 0.4) is 0 Å². The van der Waals surface area contributed by atoms with Crippen molar-refractivity contribution < 1.29 is 0 Å². The highest BCUT2D eigenvalue weighted by Gasteiger charge is 2.49. The van der Waals surface area contributed by atoms with Gasteiger partial charge in [0.1, 0.15) is 0 Å². The fourth-order valence-corrected chi connectivity index (χ4v) is 3.22. The Kier molecular flexibility index (Phi) is 7.29. The van der Waals surface area contributed by atoms with Crippen LogP contribution in [-0.2, 0) is 0 Å². The summed E-state index contributed by atoms with van der Waals surface area (Å²) in [5, 5.41) is 3.71. The molecule has 0 bridgehead atoms. The third-order valence-electron chi connectivity index (χ3n) is 4.66. The van der Waals surface area contributed by atoms with Crippen LogP contribution < -0.4 is 5.32 Å². The van der Waals surface area contributed by atoms with Gasteiger partial charge in [-0.2, -0.15) is 0 Å². The highest BCUT2D eigenvalue weighted by Crippen LogP contribution is 2.54. The van der Waals surface area contributed by atoms with Crippen LogP contribution in [0.1, 0.15) is 85.5 Å². The van der Waals surface area contributed by atoms with E-state index in [-0.39, 0.29) is 0 Å². The minimum absolute atomic E-state index is 0.619. The second-order valence-corrected chi connectivity index (χ2v) is 6.87. The van der Waals surface area contributed by atoms with Crippen molar-refractivity contribution in [3.63, 3.8) is 0 Å². The van der Waals surface area contributed by atoms with Gasteiger partial charge in [-0.3, -0.25) is 0 Å². The topological polar surface area (TPSA) is 12.0 Å². The quantitative estimate of drug-likeness (QED) is 0.502. The van der Waals surface area contributed by atoms with Gasteiger partial charge in [0, 0.05) is 6.04 Å². The summed E-state index contributed by atoms with van der Waals surface area (Å²) in [6.45, 7) is 10.5. The Morgan fingerprint density at radius 1 is 1.00 bits per heavy atom. The average Bonchev–Trinajstić information content (AvgIpc) is 2.96. The molecule has 0 aromatic carbocycles. The number of nitrogens with one attached hydrogen (secondary N) is 1. The van der Waals surface area contributed by atoms with Gasteiger partial charge in [0.15, 0.2) is 0 Å². The summed E-state index contributed by atoms with van der Waals surface area (Å²) in [6.07, 6.45) is 12.8. The molecule has 0 heterocycles. The summed E-state index contributed by atoms with van der Waals surface area (Å²) in [6, 6.07) is 0.792. The van der Waals surface area contributed by atoms with Crippen LogP contribution in [0, 0.1) is 11.3 Å². The first-order valence-electron chi connectivity index (χ1n) is 8.35. The number of rotatable bonds is 11. The van der Waals surface area contributed by atoms with Crippen LogP contribution in [0.15, 0.2) is 0 Å². The third-order valence-corrected chi connectivity index (χ3v) is 4.66. The molecular formula is C17H35N. The number of hydrogen-bond acceptors (Lipinski definition) is 1. The van der Waals surface area contributed by atoms with Crippen molar-refractivity contribution in [1.82, 2.24) is 5.32 Å². The molecule has 2 atom stereocenters. The van der Waals surface area contributed by atoms with E-state index in [4.69, 9.17) is 0 Å². The van der Waals surface area contributed by atoms with Gasteiger partial charge >= 0.3 is 0 Å². The van der Waals surface area contributed by atoms with E-state index < -0.39 is 0 Å². The summed E-state index contributed by atoms with van der Waals surface area (Å²) in [5.74, 6) is 0.942. The van der Waals surface area contributed by atoms with Gasteiger partial charge in [-0.05, 0) is 30.7 Å². The van der Waals surface area contributed by atoms with Gasteiger partial charge in [-0.15, -0.1) is 0 Å². The fraction of sp³-hybridized carbons (Fsp3) is 1.00. The van der Waals surface area contributed by atoms with E-state index in [1.807, 2.05) is 0 Å². The van der Waals surface area contributed by atoms with Crippen molar-refractivity contribution in [2.24, 2.45) is 11.3 Å². The Morgan fingerprint density at radius 3 is 2.06 bits per heavy atom. The molecular weight excluding hydrogens is 218 g/mol. The standard InChI is InChI=1S/C17H35N/c1-5-7-8-9-10-11-12-13-16(18-6-2)15-14-17(15,3)4/h15-16,18H,5-14H2,1-4H3. The van der Waals surface area contributed by atoms with E-state index in [2.05, 4.69) is 33.0 Å². The van der Waals surface area contributed by atoms with Gasteiger partial charge in [0.2, 0.25) is 0 Å². The Bertz CT molecular complexity index is 210. The lowest BCUT2D eigenvalue weighted by Crippen LogP contribution is -2.32. The molecule has 0 saturated heterocycles. The van der Waals surface area contributed by atoms with E-state index in [1.54, 1.807) is 0 Å². The molecule has 18 heavy (non-hydrogen) atoms. The van der Waals surface area contributed by atoms with E-state index in [0.29, 0.717) is 5.41 Å². The second kappa shape index (κ2) is 8.19. The summed E-state index contributed by atoms with van der Waals surface area (Å²) in [5.41, 5.74) is 0.619. The maximum Gasteiger partial charge on any atom is 0.0100 e. The van der Waals surface area contributed by atoms with E-state index >= 15 is 0 Å². The van der Waals surface area contributed by atoms with Crippen molar-refractivity contribution in [3.8, 4) is 0 Å². The van der Waals surface area contributed by atoms with Crippen LogP contribution in [0.2, 0.25) is 0 Å². The highest BCUT2D eigenvalue weighted by molar-refractivity contribution is 5.01. The molecule has 2 unspecified atom stereocenters. The largest absolute Gasteiger partial charge is 0.314 e. The van der Waals surface area contributed by atoms with Crippen molar-refractivity contribution in [2.75, 3.05) is 6.54 Å². The predicted molar refractivity (Wildman–Crippen MR) is 82.0 cm³/mol. The van der Waals surface area contributed by atoms with Crippen LogP contribution in [0.25, 0.3) is 0 Å². The fourth-order valence-electron chi connectivity index (χ4n) is 3.22. The maximum atomic E-state index is 3.71. The third kappa shape index (κ3) is 5.73. The minimum Gasteiger partial charge on any atom is -0.314 e. The SMILES string of the molecule is CCCCCCCCCC(NCC)C1CC1(C)C. The molecule has 1 heteroatoms. The molecule has 0 aliphatic heterocycles. The Morgan fingerprint density at radius 2 is 1.56 bits per heavy atom. The molecule has 0 aromatic rings. The lowest BCUT2D eigenvalue weighted by Gasteiger charge is -2.19. The van der Waals surface area contributed by atoms with E-state index in [9.17, 15) is 0 Å². The molecule has 1 fully saturated rings. The average molecular weight is 253 g/mol. The zero-order valence-electron chi connectivity index (χ0n) is 13.2. The molecule has 0 amide bonds. The molecule has 1 rings (SSSR count). The lowest BCUT2D eigenvalue weighted by molar-refractivity contribution is 0.377. The summed E-state index contributed by atoms with van der Waals surface area (Å²) < 4.78 is 0. The Balaban J connectivity index is 2.04. The minimum atomic E-state index is 0.619. The Hall–Kier alpha value is -0.0400. The summed E-state index contributed by atoms with van der Waals surface area (Å²) in [4.78, 5) is 0. The normalized spacial score (nSPS) is 23.0. The van der Waals surface area contributed by atoms with Gasteiger partial charge in [-0.25, -0.2) is 0 Å². The zero-order chi connectivity index (χ0) is 13.4. The van der Waals surface area contributed by atoms with Crippen LogP contribution in [-0.4, -0.2) is 12.6 Å². The van der Waals surface area contributed by atoms with Crippen molar-refractivity contribution >= 4 is 0 Å². The molecule has 1 aliphatic rings. The zero-order valence-corrected chi connectivity index (χ0v) is 13.2.